The van der Waals surface area contributed by atoms with E-state index in [0.29, 0.717) is 32.1 Å². The summed E-state index contributed by atoms with van der Waals surface area (Å²) in [5.74, 6) is 1.32. The van der Waals surface area contributed by atoms with Crippen LogP contribution in [0, 0.1) is 0 Å². The zero-order valence-electron chi connectivity index (χ0n) is 16.9. The summed E-state index contributed by atoms with van der Waals surface area (Å²) in [6.07, 6.45) is 3.41. The lowest BCUT2D eigenvalue weighted by atomic mass is 10.0. The van der Waals surface area contributed by atoms with E-state index in [9.17, 15) is 4.79 Å². The molecule has 1 unspecified atom stereocenters. The van der Waals surface area contributed by atoms with Crippen LogP contribution in [0.2, 0.25) is 0 Å². The fourth-order valence-electron chi connectivity index (χ4n) is 3.31. The Morgan fingerprint density at radius 2 is 2.14 bits per heavy atom. The summed E-state index contributed by atoms with van der Waals surface area (Å²) >= 11 is 1.61. The summed E-state index contributed by atoms with van der Waals surface area (Å²) in [7, 11) is 1.64. The number of rotatable bonds is 9. The number of hydrogen-bond donors (Lipinski definition) is 1. The van der Waals surface area contributed by atoms with Crippen LogP contribution in [-0.4, -0.2) is 57.4 Å². The van der Waals surface area contributed by atoms with Crippen molar-refractivity contribution < 1.29 is 19.0 Å². The molecular weight excluding hydrogens is 388 g/mol. The van der Waals surface area contributed by atoms with Gasteiger partial charge < -0.3 is 19.5 Å². The van der Waals surface area contributed by atoms with Gasteiger partial charge in [0, 0.05) is 25.7 Å². The number of thiophene rings is 1. The molecule has 0 spiro atoms. The van der Waals surface area contributed by atoms with E-state index in [1.54, 1.807) is 24.5 Å². The van der Waals surface area contributed by atoms with Gasteiger partial charge in [0.15, 0.2) is 11.5 Å². The van der Waals surface area contributed by atoms with Crippen molar-refractivity contribution in [3.63, 3.8) is 0 Å². The molecule has 0 radical (unpaired) electrons. The number of ether oxygens (including phenoxy) is 3. The van der Waals surface area contributed by atoms with Crippen LogP contribution in [0.15, 0.2) is 41.1 Å². The number of benzene rings is 1. The highest BCUT2D eigenvalue weighted by Gasteiger charge is 2.24. The fraction of sp³-hybridized carbons (Fsp3) is 0.409. The standard InChI is InChI=1S/C22H28N2O4S/c1-3-28-20-6-5-18(14-21(20)26-2)19(24-9-11-27-12-10-24)15-23-22(25)7-4-17-8-13-29-16-17/h4-8,13-14,16,19H,3,9-12,15H2,1-2H3,(H,23,25)/b7-4+. The zero-order chi connectivity index (χ0) is 20.5. The van der Waals surface area contributed by atoms with Crippen molar-refractivity contribution in [1.29, 1.82) is 0 Å². The summed E-state index contributed by atoms with van der Waals surface area (Å²) < 4.78 is 16.7. The Morgan fingerprint density at radius 3 is 2.83 bits per heavy atom. The van der Waals surface area contributed by atoms with Crippen molar-refractivity contribution in [2.24, 2.45) is 0 Å². The van der Waals surface area contributed by atoms with Gasteiger partial charge in [0.2, 0.25) is 5.91 Å². The van der Waals surface area contributed by atoms with Gasteiger partial charge in [-0.15, -0.1) is 0 Å². The first-order valence-electron chi connectivity index (χ1n) is 9.82. The Balaban J connectivity index is 1.73. The van der Waals surface area contributed by atoms with Crippen molar-refractivity contribution in [1.82, 2.24) is 10.2 Å². The number of nitrogens with zero attached hydrogens (tertiary/aromatic N) is 1. The second-order valence-electron chi connectivity index (χ2n) is 6.64. The van der Waals surface area contributed by atoms with Gasteiger partial charge in [-0.1, -0.05) is 6.07 Å². The highest BCUT2D eigenvalue weighted by molar-refractivity contribution is 7.08. The van der Waals surface area contributed by atoms with Gasteiger partial charge in [0.05, 0.1) is 33.0 Å². The minimum absolute atomic E-state index is 0.0296. The van der Waals surface area contributed by atoms with Gasteiger partial charge in [-0.2, -0.15) is 11.3 Å². The maximum absolute atomic E-state index is 12.3. The Morgan fingerprint density at radius 1 is 1.31 bits per heavy atom. The Bertz CT molecular complexity index is 801. The summed E-state index contributed by atoms with van der Waals surface area (Å²) in [4.78, 5) is 14.7. The molecule has 1 aromatic heterocycles. The van der Waals surface area contributed by atoms with Crippen LogP contribution in [0.3, 0.4) is 0 Å². The van der Waals surface area contributed by atoms with Crippen LogP contribution >= 0.6 is 11.3 Å². The number of amides is 1. The predicted octanol–water partition coefficient (Wildman–Crippen LogP) is 3.36. The fourth-order valence-corrected chi connectivity index (χ4v) is 3.94. The molecule has 2 heterocycles. The van der Waals surface area contributed by atoms with Crippen molar-refractivity contribution in [2.45, 2.75) is 13.0 Å². The Labute approximate surface area is 176 Å². The van der Waals surface area contributed by atoms with Crippen molar-refractivity contribution in [3.8, 4) is 11.5 Å². The molecule has 6 nitrogen and oxygen atoms in total. The largest absolute Gasteiger partial charge is 0.493 e. The third-order valence-corrected chi connectivity index (χ3v) is 5.50. The molecule has 0 bridgehead atoms. The highest BCUT2D eigenvalue weighted by Crippen LogP contribution is 2.32. The number of nitrogens with one attached hydrogen (secondary N) is 1. The summed E-state index contributed by atoms with van der Waals surface area (Å²) in [6, 6.07) is 7.99. The monoisotopic (exact) mass is 416 g/mol. The van der Waals surface area contributed by atoms with E-state index in [0.717, 1.165) is 30.0 Å². The molecule has 1 fully saturated rings. The minimum Gasteiger partial charge on any atom is -0.493 e. The topological polar surface area (TPSA) is 60.0 Å². The van der Waals surface area contributed by atoms with Crippen molar-refractivity contribution in [3.05, 3.63) is 52.2 Å². The second kappa shape index (κ2) is 11.0. The molecule has 3 rings (SSSR count). The number of morpholine rings is 1. The van der Waals surface area contributed by atoms with Crippen molar-refractivity contribution >= 4 is 23.3 Å². The molecule has 0 aliphatic carbocycles. The Kier molecular flexibility index (Phi) is 8.10. The van der Waals surface area contributed by atoms with Crippen LogP contribution in [-0.2, 0) is 9.53 Å². The van der Waals surface area contributed by atoms with Gasteiger partial charge in [0.25, 0.3) is 0 Å². The van der Waals surface area contributed by atoms with Gasteiger partial charge in [-0.3, -0.25) is 9.69 Å². The zero-order valence-corrected chi connectivity index (χ0v) is 17.7. The summed E-state index contributed by atoms with van der Waals surface area (Å²) in [5.41, 5.74) is 2.11. The van der Waals surface area contributed by atoms with E-state index in [2.05, 4.69) is 10.2 Å². The van der Waals surface area contributed by atoms with E-state index < -0.39 is 0 Å². The lowest BCUT2D eigenvalue weighted by Gasteiger charge is -2.35. The van der Waals surface area contributed by atoms with E-state index in [1.165, 1.54) is 0 Å². The van der Waals surface area contributed by atoms with E-state index in [-0.39, 0.29) is 11.9 Å². The van der Waals surface area contributed by atoms with Gasteiger partial charge >= 0.3 is 0 Å². The smallest absolute Gasteiger partial charge is 0.244 e. The average Bonchev–Trinajstić information content (AvgIpc) is 3.28. The number of carbonyl (C=O) groups excluding carboxylic acids is 1. The van der Waals surface area contributed by atoms with Crippen LogP contribution < -0.4 is 14.8 Å². The minimum atomic E-state index is -0.104. The normalized spacial score (nSPS) is 15.9. The highest BCUT2D eigenvalue weighted by atomic mass is 32.1. The first kappa shape index (κ1) is 21.4. The molecule has 1 aliphatic heterocycles. The van der Waals surface area contributed by atoms with Crippen LogP contribution in [0.1, 0.15) is 24.1 Å². The van der Waals surface area contributed by atoms with E-state index in [4.69, 9.17) is 14.2 Å². The number of hydrogen-bond acceptors (Lipinski definition) is 6. The molecule has 1 aliphatic rings. The molecule has 7 heteroatoms. The molecule has 0 saturated carbocycles. The van der Waals surface area contributed by atoms with Crippen LogP contribution in [0.4, 0.5) is 0 Å². The molecule has 1 aromatic carbocycles. The van der Waals surface area contributed by atoms with E-state index in [1.807, 2.05) is 48.0 Å². The first-order valence-corrected chi connectivity index (χ1v) is 10.8. The lowest BCUT2D eigenvalue weighted by molar-refractivity contribution is -0.116. The summed E-state index contributed by atoms with van der Waals surface area (Å²) in [6.45, 7) is 6.05. The van der Waals surface area contributed by atoms with E-state index >= 15 is 0 Å². The van der Waals surface area contributed by atoms with Crippen molar-refractivity contribution in [2.75, 3.05) is 46.6 Å². The third-order valence-electron chi connectivity index (χ3n) is 4.80. The Hall–Kier alpha value is -2.35. The maximum Gasteiger partial charge on any atom is 0.244 e. The first-order chi connectivity index (χ1) is 14.2. The molecule has 1 atom stereocenters. The molecule has 2 aromatic rings. The number of carbonyl (C=O) groups is 1. The molecule has 29 heavy (non-hydrogen) atoms. The molecule has 1 amide bonds. The quantitative estimate of drug-likeness (QED) is 0.635. The summed E-state index contributed by atoms with van der Waals surface area (Å²) in [5, 5.41) is 7.04. The molecule has 1 N–H and O–H groups in total. The maximum atomic E-state index is 12.3. The molecule has 1 saturated heterocycles. The van der Waals surface area contributed by atoms with Crippen LogP contribution in [0.25, 0.3) is 6.08 Å². The SMILES string of the molecule is CCOc1ccc(C(CNC(=O)/C=C/c2ccsc2)N2CCOCC2)cc1OC. The third kappa shape index (κ3) is 6.06. The van der Waals surface area contributed by atoms with Crippen LogP contribution in [0.5, 0.6) is 11.5 Å². The average molecular weight is 417 g/mol. The molecular formula is C22H28N2O4S. The van der Waals surface area contributed by atoms with Gasteiger partial charge in [-0.05, 0) is 53.1 Å². The number of methoxy groups -OCH3 is 1. The van der Waals surface area contributed by atoms with Gasteiger partial charge in [0.1, 0.15) is 0 Å². The molecule has 156 valence electrons. The predicted molar refractivity (Wildman–Crippen MR) is 116 cm³/mol. The second-order valence-corrected chi connectivity index (χ2v) is 7.42. The lowest BCUT2D eigenvalue weighted by Crippen LogP contribution is -2.43. The van der Waals surface area contributed by atoms with Gasteiger partial charge in [-0.25, -0.2) is 0 Å².